The van der Waals surface area contributed by atoms with Crippen molar-refractivity contribution in [1.82, 2.24) is 10.3 Å². The van der Waals surface area contributed by atoms with Crippen molar-refractivity contribution in [3.8, 4) is 0 Å². The molecule has 0 aliphatic heterocycles. The Morgan fingerprint density at radius 1 is 1.30 bits per heavy atom. The number of hydrogen-bond acceptors (Lipinski definition) is 4. The summed E-state index contributed by atoms with van der Waals surface area (Å²) in [6.45, 7) is 5.54. The summed E-state index contributed by atoms with van der Waals surface area (Å²) in [6, 6.07) is 5.71. The Morgan fingerprint density at radius 3 is 2.80 bits per heavy atom. The lowest BCUT2D eigenvalue weighted by Crippen LogP contribution is -2.23. The highest BCUT2D eigenvalue weighted by atomic mass is 32.1. The van der Waals surface area contributed by atoms with Gasteiger partial charge < -0.3 is 10.6 Å². The molecular formula is C15H19N3OS. The first-order valence-electron chi connectivity index (χ1n) is 6.78. The van der Waals surface area contributed by atoms with E-state index in [1.165, 1.54) is 10.4 Å². The van der Waals surface area contributed by atoms with E-state index in [0.717, 1.165) is 18.7 Å². The van der Waals surface area contributed by atoms with Gasteiger partial charge in [0.25, 0.3) is 5.91 Å². The number of carbonyl (C=O) groups is 1. The van der Waals surface area contributed by atoms with Crippen molar-refractivity contribution in [2.45, 2.75) is 26.8 Å². The Kier molecular flexibility index (Phi) is 5.12. The van der Waals surface area contributed by atoms with Crippen LogP contribution in [0.4, 0.5) is 5.69 Å². The summed E-state index contributed by atoms with van der Waals surface area (Å²) in [5.41, 5.74) is 2.67. The Balaban J connectivity index is 1.94. The molecule has 2 aromatic heterocycles. The van der Waals surface area contributed by atoms with Crippen LogP contribution in [0.15, 0.2) is 29.8 Å². The maximum absolute atomic E-state index is 12.0. The fraction of sp³-hybridized carbons (Fsp3) is 0.333. The van der Waals surface area contributed by atoms with Gasteiger partial charge in [-0.15, -0.1) is 11.3 Å². The highest BCUT2D eigenvalue weighted by molar-refractivity contribution is 7.10. The van der Waals surface area contributed by atoms with Gasteiger partial charge in [0.1, 0.15) is 5.69 Å². The van der Waals surface area contributed by atoms with Crippen molar-refractivity contribution in [3.63, 3.8) is 0 Å². The van der Waals surface area contributed by atoms with E-state index in [2.05, 4.69) is 34.0 Å². The number of pyridine rings is 1. The second-order valence-electron chi connectivity index (χ2n) is 4.37. The molecule has 0 radical (unpaired) electrons. The molecule has 0 unspecified atom stereocenters. The third-order valence-electron chi connectivity index (χ3n) is 3.01. The van der Waals surface area contributed by atoms with Crippen LogP contribution in [0.25, 0.3) is 0 Å². The highest BCUT2D eigenvalue weighted by Crippen LogP contribution is 2.17. The van der Waals surface area contributed by atoms with Crippen LogP contribution in [-0.4, -0.2) is 17.4 Å². The summed E-state index contributed by atoms with van der Waals surface area (Å²) in [4.78, 5) is 17.4. The van der Waals surface area contributed by atoms with E-state index in [-0.39, 0.29) is 5.91 Å². The number of nitrogens with one attached hydrogen (secondary N) is 2. The van der Waals surface area contributed by atoms with Crippen molar-refractivity contribution in [1.29, 1.82) is 0 Å². The largest absolute Gasteiger partial charge is 0.384 e. The Bertz CT molecular complexity index is 563. The van der Waals surface area contributed by atoms with Crippen LogP contribution in [0, 0.1) is 0 Å². The van der Waals surface area contributed by atoms with Crippen molar-refractivity contribution in [3.05, 3.63) is 45.9 Å². The van der Waals surface area contributed by atoms with Crippen LogP contribution in [0.2, 0.25) is 0 Å². The molecule has 2 rings (SSSR count). The van der Waals surface area contributed by atoms with Crippen LogP contribution in [0.3, 0.4) is 0 Å². The molecule has 0 aliphatic carbocycles. The van der Waals surface area contributed by atoms with Crippen LogP contribution in [-0.2, 0) is 13.0 Å². The summed E-state index contributed by atoms with van der Waals surface area (Å²) in [5.74, 6) is -0.136. The molecule has 20 heavy (non-hydrogen) atoms. The summed E-state index contributed by atoms with van der Waals surface area (Å²) in [7, 11) is 0. The molecular weight excluding hydrogens is 270 g/mol. The number of hydrogen-bond donors (Lipinski definition) is 2. The second-order valence-corrected chi connectivity index (χ2v) is 5.37. The van der Waals surface area contributed by atoms with Gasteiger partial charge in [0, 0.05) is 11.4 Å². The van der Waals surface area contributed by atoms with Gasteiger partial charge in [0.15, 0.2) is 0 Å². The fourth-order valence-corrected chi connectivity index (χ4v) is 2.84. The van der Waals surface area contributed by atoms with Crippen LogP contribution in [0.1, 0.15) is 34.8 Å². The molecule has 2 aromatic rings. The molecule has 2 N–H and O–H groups in total. The summed E-state index contributed by atoms with van der Waals surface area (Å²) in [5, 5.41) is 8.13. The molecule has 4 nitrogen and oxygen atoms in total. The quantitative estimate of drug-likeness (QED) is 0.859. The van der Waals surface area contributed by atoms with Crippen LogP contribution in [0.5, 0.6) is 0 Å². The third kappa shape index (κ3) is 3.57. The third-order valence-corrected chi connectivity index (χ3v) is 3.97. The predicted octanol–water partition coefficient (Wildman–Crippen LogP) is 3.07. The number of anilines is 1. The molecule has 0 spiro atoms. The molecule has 0 aliphatic rings. The molecule has 0 saturated carbocycles. The minimum Gasteiger partial charge on any atom is -0.384 e. The smallest absolute Gasteiger partial charge is 0.270 e. The summed E-state index contributed by atoms with van der Waals surface area (Å²) >= 11 is 1.68. The molecule has 0 saturated heterocycles. The molecule has 0 bridgehead atoms. The van der Waals surface area contributed by atoms with Crippen LogP contribution >= 0.6 is 11.3 Å². The number of aromatic nitrogens is 1. The first-order chi connectivity index (χ1) is 9.74. The minimum atomic E-state index is -0.136. The van der Waals surface area contributed by atoms with Gasteiger partial charge in [0.2, 0.25) is 0 Å². The fourth-order valence-electron chi connectivity index (χ4n) is 1.93. The van der Waals surface area contributed by atoms with Crippen molar-refractivity contribution >= 4 is 22.9 Å². The van der Waals surface area contributed by atoms with E-state index in [0.29, 0.717) is 12.2 Å². The lowest BCUT2D eigenvalue weighted by molar-refractivity contribution is 0.0946. The average molecular weight is 289 g/mol. The van der Waals surface area contributed by atoms with E-state index in [4.69, 9.17) is 0 Å². The van der Waals surface area contributed by atoms with Crippen molar-refractivity contribution < 1.29 is 4.79 Å². The molecule has 1 amide bonds. The minimum absolute atomic E-state index is 0.136. The zero-order valence-electron chi connectivity index (χ0n) is 11.8. The van der Waals surface area contributed by atoms with E-state index in [1.807, 2.05) is 13.0 Å². The van der Waals surface area contributed by atoms with E-state index >= 15 is 0 Å². The maximum Gasteiger partial charge on any atom is 0.270 e. The standard InChI is InChI=1S/C15H19N3OS/c1-3-11-7-8-20-14(11)10-18-15(19)13-6-5-12(9-17-13)16-4-2/h5-9,16H,3-4,10H2,1-2H3,(H,18,19). The molecule has 5 heteroatoms. The zero-order chi connectivity index (χ0) is 14.4. The van der Waals surface area contributed by atoms with Gasteiger partial charge in [0.05, 0.1) is 18.4 Å². The molecule has 0 atom stereocenters. The van der Waals surface area contributed by atoms with Crippen LogP contribution < -0.4 is 10.6 Å². The van der Waals surface area contributed by atoms with E-state index < -0.39 is 0 Å². The Labute approximate surface area is 123 Å². The first-order valence-corrected chi connectivity index (χ1v) is 7.66. The highest BCUT2D eigenvalue weighted by Gasteiger charge is 2.08. The van der Waals surface area contributed by atoms with Crippen molar-refractivity contribution in [2.24, 2.45) is 0 Å². The maximum atomic E-state index is 12.0. The number of nitrogens with zero attached hydrogens (tertiary/aromatic N) is 1. The zero-order valence-corrected chi connectivity index (χ0v) is 12.6. The monoisotopic (exact) mass is 289 g/mol. The molecule has 0 aromatic carbocycles. The number of thiophene rings is 1. The number of rotatable bonds is 6. The number of amides is 1. The van der Waals surface area contributed by atoms with Gasteiger partial charge in [-0.1, -0.05) is 6.92 Å². The molecule has 2 heterocycles. The average Bonchev–Trinajstić information content (AvgIpc) is 2.93. The van der Waals surface area contributed by atoms with Gasteiger partial charge in [-0.2, -0.15) is 0 Å². The molecule has 0 fully saturated rings. The lowest BCUT2D eigenvalue weighted by Gasteiger charge is -2.06. The van der Waals surface area contributed by atoms with Gasteiger partial charge >= 0.3 is 0 Å². The van der Waals surface area contributed by atoms with E-state index in [1.54, 1.807) is 23.6 Å². The Hall–Kier alpha value is -1.88. The summed E-state index contributed by atoms with van der Waals surface area (Å²) < 4.78 is 0. The van der Waals surface area contributed by atoms with Crippen molar-refractivity contribution in [2.75, 3.05) is 11.9 Å². The Morgan fingerprint density at radius 2 is 2.15 bits per heavy atom. The number of carbonyl (C=O) groups excluding carboxylic acids is 1. The normalized spacial score (nSPS) is 10.3. The summed E-state index contributed by atoms with van der Waals surface area (Å²) in [6.07, 6.45) is 2.67. The predicted molar refractivity (Wildman–Crippen MR) is 83.3 cm³/mol. The first kappa shape index (κ1) is 14.5. The SMILES string of the molecule is CCNc1ccc(C(=O)NCc2sccc2CC)nc1. The molecule has 106 valence electrons. The van der Waals surface area contributed by atoms with Gasteiger partial charge in [-0.25, -0.2) is 4.98 Å². The lowest BCUT2D eigenvalue weighted by atomic mass is 10.2. The van der Waals surface area contributed by atoms with E-state index in [9.17, 15) is 4.79 Å². The van der Waals surface area contributed by atoms with Gasteiger partial charge in [-0.3, -0.25) is 4.79 Å². The number of aryl methyl sites for hydroxylation is 1. The second kappa shape index (κ2) is 7.05. The topological polar surface area (TPSA) is 54.0 Å². The van der Waals surface area contributed by atoms with Gasteiger partial charge in [-0.05, 0) is 42.5 Å².